The second-order valence-corrected chi connectivity index (χ2v) is 5.10. The second kappa shape index (κ2) is 6.34. The molecule has 3 N–H and O–H groups in total. The third-order valence-corrected chi connectivity index (χ3v) is 3.44. The molecule has 0 aliphatic carbocycles. The predicted molar refractivity (Wildman–Crippen MR) is 84.7 cm³/mol. The van der Waals surface area contributed by atoms with Crippen LogP contribution in [0.1, 0.15) is 22.8 Å². The Morgan fingerprint density at radius 1 is 1.20 bits per heavy atom. The van der Waals surface area contributed by atoms with E-state index in [0.717, 1.165) is 10.0 Å². The predicted octanol–water partition coefficient (Wildman–Crippen LogP) is 3.19. The zero-order valence-electron chi connectivity index (χ0n) is 10.9. The Kier molecular flexibility index (Phi) is 4.53. The maximum atomic E-state index is 12.0. The molecule has 2 aromatic carbocycles. The third-order valence-electron chi connectivity index (χ3n) is 2.75. The number of carbonyl (C=O) groups excluding carboxylic acids is 1. The van der Waals surface area contributed by atoms with Gasteiger partial charge in [-0.3, -0.25) is 4.79 Å². The smallest absolute Gasteiger partial charge is 0.272 e. The summed E-state index contributed by atoms with van der Waals surface area (Å²) in [6, 6.07) is 14.5. The van der Waals surface area contributed by atoms with Crippen LogP contribution in [0.5, 0.6) is 0 Å². The Labute approximate surface area is 125 Å². The van der Waals surface area contributed by atoms with Crippen molar-refractivity contribution < 1.29 is 4.79 Å². The van der Waals surface area contributed by atoms with E-state index in [0.29, 0.717) is 17.0 Å². The highest BCUT2D eigenvalue weighted by Crippen LogP contribution is 2.15. The minimum atomic E-state index is -0.263. The SMILES string of the molecule is C/C(=N/NC(=O)c1ccccc1Br)c1cccc(N)c1. The Bertz CT molecular complexity index is 668. The fraction of sp³-hybridized carbons (Fsp3) is 0.0667. The van der Waals surface area contributed by atoms with Gasteiger partial charge >= 0.3 is 0 Å². The molecule has 0 saturated carbocycles. The van der Waals surface area contributed by atoms with Crippen molar-refractivity contribution >= 4 is 33.2 Å². The van der Waals surface area contributed by atoms with Gasteiger partial charge in [0, 0.05) is 10.2 Å². The monoisotopic (exact) mass is 331 g/mol. The Hall–Kier alpha value is -2.14. The summed E-state index contributed by atoms with van der Waals surface area (Å²) in [4.78, 5) is 12.0. The third kappa shape index (κ3) is 3.45. The van der Waals surface area contributed by atoms with Crippen molar-refractivity contribution in [2.75, 3.05) is 5.73 Å². The molecule has 0 unspecified atom stereocenters. The lowest BCUT2D eigenvalue weighted by atomic mass is 10.1. The lowest BCUT2D eigenvalue weighted by Gasteiger charge is -2.05. The standard InChI is InChI=1S/C15H14BrN3O/c1-10(11-5-4-6-12(17)9-11)18-19-15(20)13-7-2-3-8-14(13)16/h2-9H,17H2,1H3,(H,19,20)/b18-10-. The van der Waals surface area contributed by atoms with E-state index in [2.05, 4.69) is 26.5 Å². The van der Waals surface area contributed by atoms with E-state index in [9.17, 15) is 4.79 Å². The van der Waals surface area contributed by atoms with Crippen LogP contribution in [-0.4, -0.2) is 11.6 Å². The number of nitrogens with one attached hydrogen (secondary N) is 1. The molecule has 5 heteroatoms. The van der Waals surface area contributed by atoms with Gasteiger partial charge < -0.3 is 5.73 Å². The summed E-state index contributed by atoms with van der Waals surface area (Å²) in [5.41, 5.74) is 11.0. The summed E-state index contributed by atoms with van der Waals surface area (Å²) in [5, 5.41) is 4.09. The van der Waals surface area contributed by atoms with Crippen molar-refractivity contribution in [1.29, 1.82) is 0 Å². The van der Waals surface area contributed by atoms with Gasteiger partial charge in [-0.25, -0.2) is 5.43 Å². The fourth-order valence-electron chi connectivity index (χ4n) is 1.67. The van der Waals surface area contributed by atoms with E-state index in [1.807, 2.05) is 37.3 Å². The molecule has 102 valence electrons. The summed E-state index contributed by atoms with van der Waals surface area (Å²) in [5.74, 6) is -0.263. The van der Waals surface area contributed by atoms with E-state index in [1.54, 1.807) is 18.2 Å². The first-order valence-corrected chi connectivity index (χ1v) is 6.82. The number of nitrogen functional groups attached to an aromatic ring is 1. The largest absolute Gasteiger partial charge is 0.399 e. The molecule has 0 aromatic heterocycles. The van der Waals surface area contributed by atoms with Crippen LogP contribution >= 0.6 is 15.9 Å². The Morgan fingerprint density at radius 3 is 2.65 bits per heavy atom. The molecule has 0 fully saturated rings. The molecule has 0 atom stereocenters. The summed E-state index contributed by atoms with van der Waals surface area (Å²) in [7, 11) is 0. The van der Waals surface area contributed by atoms with Crippen LogP contribution in [-0.2, 0) is 0 Å². The van der Waals surface area contributed by atoms with Crippen LogP contribution in [0.2, 0.25) is 0 Å². The molecular formula is C15H14BrN3O. The zero-order chi connectivity index (χ0) is 14.5. The summed E-state index contributed by atoms with van der Waals surface area (Å²) >= 11 is 3.33. The molecule has 0 bridgehead atoms. The number of hydrazone groups is 1. The van der Waals surface area contributed by atoms with Gasteiger partial charge in [0.2, 0.25) is 0 Å². The molecule has 0 saturated heterocycles. The number of rotatable bonds is 3. The van der Waals surface area contributed by atoms with Gasteiger partial charge in [-0.15, -0.1) is 0 Å². The maximum absolute atomic E-state index is 12.0. The van der Waals surface area contributed by atoms with E-state index in [4.69, 9.17) is 5.73 Å². The number of amides is 1. The van der Waals surface area contributed by atoms with Crippen molar-refractivity contribution in [2.45, 2.75) is 6.92 Å². The van der Waals surface area contributed by atoms with Crippen LogP contribution in [0.3, 0.4) is 0 Å². The van der Waals surface area contributed by atoms with Crippen molar-refractivity contribution in [3.05, 3.63) is 64.1 Å². The summed E-state index contributed by atoms with van der Waals surface area (Å²) in [6.45, 7) is 1.81. The number of hydrogen-bond donors (Lipinski definition) is 2. The molecule has 2 aromatic rings. The quantitative estimate of drug-likeness (QED) is 0.515. The highest BCUT2D eigenvalue weighted by molar-refractivity contribution is 9.10. The van der Waals surface area contributed by atoms with Crippen LogP contribution in [0, 0.1) is 0 Å². The van der Waals surface area contributed by atoms with Gasteiger partial charge in [0.15, 0.2) is 0 Å². The highest BCUT2D eigenvalue weighted by Gasteiger charge is 2.08. The first-order valence-electron chi connectivity index (χ1n) is 6.03. The molecule has 2 rings (SSSR count). The molecular weight excluding hydrogens is 318 g/mol. The van der Waals surface area contributed by atoms with Crippen LogP contribution < -0.4 is 11.2 Å². The van der Waals surface area contributed by atoms with Crippen molar-refractivity contribution in [2.24, 2.45) is 5.10 Å². The molecule has 4 nitrogen and oxygen atoms in total. The molecule has 20 heavy (non-hydrogen) atoms. The number of anilines is 1. The topological polar surface area (TPSA) is 67.5 Å². The maximum Gasteiger partial charge on any atom is 0.272 e. The average molecular weight is 332 g/mol. The lowest BCUT2D eigenvalue weighted by molar-refractivity contribution is 0.0954. The van der Waals surface area contributed by atoms with E-state index < -0.39 is 0 Å². The average Bonchev–Trinajstić information content (AvgIpc) is 2.45. The molecule has 0 spiro atoms. The second-order valence-electron chi connectivity index (χ2n) is 4.24. The lowest BCUT2D eigenvalue weighted by Crippen LogP contribution is -2.19. The van der Waals surface area contributed by atoms with Crippen molar-refractivity contribution in [3.63, 3.8) is 0 Å². The number of nitrogens with two attached hydrogens (primary N) is 1. The molecule has 1 amide bonds. The minimum absolute atomic E-state index is 0.263. The molecule has 0 radical (unpaired) electrons. The highest BCUT2D eigenvalue weighted by atomic mass is 79.9. The number of halogens is 1. The van der Waals surface area contributed by atoms with Gasteiger partial charge in [0.25, 0.3) is 5.91 Å². The first kappa shape index (κ1) is 14.3. The Morgan fingerprint density at radius 2 is 1.95 bits per heavy atom. The number of hydrogen-bond acceptors (Lipinski definition) is 3. The van der Waals surface area contributed by atoms with Gasteiger partial charge in [0.05, 0.1) is 11.3 Å². The van der Waals surface area contributed by atoms with Gasteiger partial charge in [0.1, 0.15) is 0 Å². The zero-order valence-corrected chi connectivity index (χ0v) is 12.5. The van der Waals surface area contributed by atoms with Crippen LogP contribution in [0.4, 0.5) is 5.69 Å². The van der Waals surface area contributed by atoms with Crippen LogP contribution in [0.15, 0.2) is 58.1 Å². The fourth-order valence-corrected chi connectivity index (χ4v) is 2.13. The van der Waals surface area contributed by atoms with Crippen LogP contribution in [0.25, 0.3) is 0 Å². The summed E-state index contributed by atoms with van der Waals surface area (Å²) in [6.07, 6.45) is 0. The summed E-state index contributed by atoms with van der Waals surface area (Å²) < 4.78 is 0.731. The van der Waals surface area contributed by atoms with E-state index >= 15 is 0 Å². The number of carbonyl (C=O) groups is 1. The number of nitrogens with zero attached hydrogens (tertiary/aromatic N) is 1. The number of benzene rings is 2. The normalized spacial score (nSPS) is 11.2. The minimum Gasteiger partial charge on any atom is -0.399 e. The van der Waals surface area contributed by atoms with E-state index in [-0.39, 0.29) is 5.91 Å². The van der Waals surface area contributed by atoms with Crippen molar-refractivity contribution in [1.82, 2.24) is 5.43 Å². The van der Waals surface area contributed by atoms with Crippen molar-refractivity contribution in [3.8, 4) is 0 Å². The van der Waals surface area contributed by atoms with Gasteiger partial charge in [-0.05, 0) is 52.7 Å². The molecule has 0 heterocycles. The molecule has 0 aliphatic rings. The van der Waals surface area contributed by atoms with E-state index in [1.165, 1.54) is 0 Å². The van der Waals surface area contributed by atoms with Gasteiger partial charge in [-0.1, -0.05) is 24.3 Å². The molecule has 0 aliphatic heterocycles. The Balaban J connectivity index is 2.13. The van der Waals surface area contributed by atoms with Gasteiger partial charge in [-0.2, -0.15) is 5.10 Å². The first-order chi connectivity index (χ1) is 9.58.